The lowest BCUT2D eigenvalue weighted by molar-refractivity contribution is -0.150. The summed E-state index contributed by atoms with van der Waals surface area (Å²) in [4.78, 5) is 40.6. The first kappa shape index (κ1) is 20.8. The van der Waals surface area contributed by atoms with E-state index in [0.29, 0.717) is 42.3 Å². The molecule has 0 aromatic heterocycles. The van der Waals surface area contributed by atoms with E-state index in [2.05, 4.69) is 5.32 Å². The molecule has 4 bridgehead atoms. The number of carbonyl (C=O) groups is 3. The summed E-state index contributed by atoms with van der Waals surface area (Å²) in [5.41, 5.74) is 5.64. The molecule has 7 unspecified atom stereocenters. The minimum absolute atomic E-state index is 0.0515. The van der Waals surface area contributed by atoms with Crippen LogP contribution in [0.15, 0.2) is 24.3 Å². The number of nitrogens with two attached hydrogens (primary N) is 1. The van der Waals surface area contributed by atoms with Gasteiger partial charge in [-0.05, 0) is 80.4 Å². The van der Waals surface area contributed by atoms with E-state index in [1.165, 1.54) is 0 Å². The van der Waals surface area contributed by atoms with Gasteiger partial charge in [0.15, 0.2) is 0 Å². The average molecular weight is 444 g/mol. The highest BCUT2D eigenvalue weighted by Crippen LogP contribution is 2.56. The van der Waals surface area contributed by atoms with Gasteiger partial charge >= 0.3 is 0 Å². The van der Waals surface area contributed by atoms with Crippen molar-refractivity contribution in [3.05, 3.63) is 34.9 Å². The van der Waals surface area contributed by atoms with Crippen molar-refractivity contribution in [2.75, 3.05) is 6.54 Å². The standard InChI is InChI=1S/C24H30ClN3O3/c1-24(5-6-28(23(24)31)12-13-3-2-4-17(25)9-13)22(30)27-20-16-8-14-7-15(11-16)19(21(26)29)18(20)10-14/h2-4,9,14-16,18-20H,5-8,10-12H2,1H3,(H2,26,29)(H,27,30). The van der Waals surface area contributed by atoms with Crippen molar-refractivity contribution >= 4 is 29.3 Å². The number of benzene rings is 1. The summed E-state index contributed by atoms with van der Waals surface area (Å²) in [5, 5.41) is 3.87. The van der Waals surface area contributed by atoms with E-state index >= 15 is 0 Å². The Kier molecular flexibility index (Phi) is 5.04. The van der Waals surface area contributed by atoms with Gasteiger partial charge in [-0.25, -0.2) is 0 Å². The first-order valence-electron chi connectivity index (χ1n) is 11.4. The molecule has 3 N–H and O–H groups in total. The molecule has 1 aromatic carbocycles. The molecule has 0 radical (unpaired) electrons. The highest BCUT2D eigenvalue weighted by molar-refractivity contribution is 6.30. The van der Waals surface area contributed by atoms with Crippen LogP contribution in [-0.2, 0) is 20.9 Å². The summed E-state index contributed by atoms with van der Waals surface area (Å²) < 4.78 is 0. The lowest BCUT2D eigenvalue weighted by atomic mass is 9.49. The van der Waals surface area contributed by atoms with Gasteiger partial charge in [-0.3, -0.25) is 14.4 Å². The molecule has 1 heterocycles. The van der Waals surface area contributed by atoms with Crippen molar-refractivity contribution < 1.29 is 14.4 Å². The van der Waals surface area contributed by atoms with E-state index < -0.39 is 5.41 Å². The molecule has 4 saturated carbocycles. The maximum Gasteiger partial charge on any atom is 0.238 e. The Morgan fingerprint density at radius 3 is 2.74 bits per heavy atom. The van der Waals surface area contributed by atoms with Crippen molar-refractivity contribution in [3.8, 4) is 0 Å². The summed E-state index contributed by atoms with van der Waals surface area (Å²) in [6.07, 6.45) is 4.60. The first-order chi connectivity index (χ1) is 14.8. The van der Waals surface area contributed by atoms with Crippen molar-refractivity contribution in [2.24, 2.45) is 40.7 Å². The Morgan fingerprint density at radius 2 is 2.00 bits per heavy atom. The van der Waals surface area contributed by atoms with E-state index in [1.807, 2.05) is 18.2 Å². The zero-order chi connectivity index (χ0) is 21.9. The maximum absolute atomic E-state index is 13.4. The average Bonchev–Trinajstić information content (AvgIpc) is 2.99. The molecule has 5 fully saturated rings. The largest absolute Gasteiger partial charge is 0.369 e. The fourth-order valence-electron chi connectivity index (χ4n) is 7.03. The number of nitrogens with one attached hydrogen (secondary N) is 1. The van der Waals surface area contributed by atoms with Crippen molar-refractivity contribution in [3.63, 3.8) is 0 Å². The third kappa shape index (κ3) is 3.43. The monoisotopic (exact) mass is 443 g/mol. The van der Waals surface area contributed by atoms with Gasteiger partial charge in [-0.2, -0.15) is 0 Å². The van der Waals surface area contributed by atoms with Gasteiger partial charge in [0.25, 0.3) is 0 Å². The molecule has 3 amide bonds. The van der Waals surface area contributed by atoms with Crippen molar-refractivity contribution in [1.82, 2.24) is 10.2 Å². The van der Waals surface area contributed by atoms with E-state index in [1.54, 1.807) is 17.9 Å². The normalized spacial score (nSPS) is 38.5. The molecule has 6 nitrogen and oxygen atoms in total. The second-order valence-corrected chi connectivity index (χ2v) is 10.8. The molecule has 6 rings (SSSR count). The van der Waals surface area contributed by atoms with Crippen LogP contribution in [0.2, 0.25) is 5.02 Å². The second kappa shape index (κ2) is 7.51. The molecule has 4 aliphatic carbocycles. The molecule has 7 atom stereocenters. The van der Waals surface area contributed by atoms with Crippen molar-refractivity contribution in [2.45, 2.75) is 51.6 Å². The van der Waals surface area contributed by atoms with Crippen LogP contribution in [0.3, 0.4) is 0 Å². The fourth-order valence-corrected chi connectivity index (χ4v) is 7.24. The second-order valence-electron chi connectivity index (χ2n) is 10.4. The predicted molar refractivity (Wildman–Crippen MR) is 117 cm³/mol. The number of amides is 3. The third-order valence-corrected chi connectivity index (χ3v) is 8.69. The number of halogens is 1. The number of hydrogen-bond donors (Lipinski definition) is 2. The number of rotatable bonds is 5. The van der Waals surface area contributed by atoms with Crippen LogP contribution in [0.1, 0.15) is 44.6 Å². The van der Waals surface area contributed by atoms with Gasteiger partial charge in [0, 0.05) is 30.1 Å². The molecule has 0 spiro atoms. The first-order valence-corrected chi connectivity index (χ1v) is 11.8. The Hall–Kier alpha value is -2.08. The zero-order valence-electron chi connectivity index (χ0n) is 17.9. The number of carbonyl (C=O) groups excluding carboxylic acids is 3. The lowest BCUT2D eigenvalue weighted by Crippen LogP contribution is -2.63. The number of hydrogen-bond acceptors (Lipinski definition) is 3. The highest BCUT2D eigenvalue weighted by Gasteiger charge is 2.57. The van der Waals surface area contributed by atoms with Gasteiger partial charge in [-0.15, -0.1) is 0 Å². The van der Waals surface area contributed by atoms with Gasteiger partial charge in [0.1, 0.15) is 5.41 Å². The minimum atomic E-state index is -1.07. The number of primary amides is 1. The third-order valence-electron chi connectivity index (χ3n) is 8.45. The number of likely N-dealkylation sites (tertiary alicyclic amines) is 1. The van der Waals surface area contributed by atoms with Crippen LogP contribution >= 0.6 is 11.6 Å². The smallest absolute Gasteiger partial charge is 0.238 e. The maximum atomic E-state index is 13.4. The molecule has 166 valence electrons. The molecule has 5 aliphatic rings. The zero-order valence-corrected chi connectivity index (χ0v) is 18.6. The molecule has 1 saturated heterocycles. The van der Waals surface area contributed by atoms with Gasteiger partial charge < -0.3 is 16.0 Å². The Labute approximate surface area is 187 Å². The van der Waals surface area contributed by atoms with E-state index in [9.17, 15) is 14.4 Å². The Balaban J connectivity index is 1.30. The Bertz CT molecular complexity index is 936. The molecular formula is C24H30ClN3O3. The Morgan fingerprint density at radius 1 is 1.23 bits per heavy atom. The van der Waals surface area contributed by atoms with Crippen molar-refractivity contribution in [1.29, 1.82) is 0 Å². The van der Waals surface area contributed by atoms with Gasteiger partial charge in [-0.1, -0.05) is 23.7 Å². The van der Waals surface area contributed by atoms with E-state index in [0.717, 1.165) is 31.2 Å². The van der Waals surface area contributed by atoms with Crippen LogP contribution < -0.4 is 11.1 Å². The van der Waals surface area contributed by atoms with Crippen LogP contribution in [0.4, 0.5) is 0 Å². The van der Waals surface area contributed by atoms with Crippen LogP contribution in [0.25, 0.3) is 0 Å². The quantitative estimate of drug-likeness (QED) is 0.685. The predicted octanol–water partition coefficient (Wildman–Crippen LogP) is 2.73. The fraction of sp³-hybridized carbons (Fsp3) is 0.625. The minimum Gasteiger partial charge on any atom is -0.369 e. The molecule has 31 heavy (non-hydrogen) atoms. The molecule has 1 aliphatic heterocycles. The molecular weight excluding hydrogens is 414 g/mol. The van der Waals surface area contributed by atoms with Crippen LogP contribution in [-0.4, -0.2) is 35.2 Å². The SMILES string of the molecule is CC1(C(=O)NC2C3CC4CC(C3)C(C(N)=O)C2C4)CCN(Cc2cccc(Cl)c2)C1=O. The molecule has 7 heteroatoms. The van der Waals surface area contributed by atoms with Gasteiger partial charge in [0.05, 0.1) is 0 Å². The van der Waals surface area contributed by atoms with E-state index in [4.69, 9.17) is 17.3 Å². The lowest BCUT2D eigenvalue weighted by Gasteiger charge is -2.57. The highest BCUT2D eigenvalue weighted by atomic mass is 35.5. The summed E-state index contributed by atoms with van der Waals surface area (Å²) >= 11 is 6.08. The summed E-state index contributed by atoms with van der Waals surface area (Å²) in [6, 6.07) is 7.41. The molecule has 1 aromatic rings. The number of nitrogens with zero attached hydrogens (tertiary/aromatic N) is 1. The summed E-state index contributed by atoms with van der Waals surface area (Å²) in [7, 11) is 0. The summed E-state index contributed by atoms with van der Waals surface area (Å²) in [5.74, 6) is 0.796. The van der Waals surface area contributed by atoms with Gasteiger partial charge in [0.2, 0.25) is 17.7 Å². The summed E-state index contributed by atoms with van der Waals surface area (Å²) in [6.45, 7) is 2.75. The van der Waals surface area contributed by atoms with Crippen LogP contribution in [0.5, 0.6) is 0 Å². The van der Waals surface area contributed by atoms with E-state index in [-0.39, 0.29) is 35.6 Å². The topological polar surface area (TPSA) is 92.5 Å². The van der Waals surface area contributed by atoms with Crippen LogP contribution in [0, 0.1) is 35.0 Å².